The van der Waals surface area contributed by atoms with Crippen molar-refractivity contribution in [1.29, 1.82) is 0 Å². The summed E-state index contributed by atoms with van der Waals surface area (Å²) < 4.78 is 4.70. The normalized spacial score (nSPS) is 13.0. The van der Waals surface area contributed by atoms with Gasteiger partial charge in [0.1, 0.15) is 5.82 Å². The van der Waals surface area contributed by atoms with E-state index in [2.05, 4.69) is 39.7 Å². The van der Waals surface area contributed by atoms with Crippen LogP contribution in [-0.2, 0) is 7.05 Å². The molecule has 0 aliphatic carbocycles. The monoisotopic (exact) mass is 345 g/mol. The Morgan fingerprint density at radius 2 is 1.94 bits per heavy atom. The second-order valence-corrected chi connectivity index (χ2v) is 5.33. The number of aromatic nitrogens is 4. The minimum absolute atomic E-state index is 0.103. The lowest BCUT2D eigenvalue weighted by molar-refractivity contribution is 0.566. The molecule has 0 bridgehead atoms. The van der Waals surface area contributed by atoms with Crippen LogP contribution < -0.4 is 5.73 Å². The van der Waals surface area contributed by atoms with Gasteiger partial charge in [0.15, 0.2) is 0 Å². The minimum atomic E-state index is 0.103. The number of aryl methyl sites for hydroxylation is 3. The van der Waals surface area contributed by atoms with Crippen molar-refractivity contribution in [2.45, 2.75) is 26.8 Å². The van der Waals surface area contributed by atoms with E-state index in [1.165, 1.54) is 0 Å². The Labute approximate surface area is 114 Å². The van der Waals surface area contributed by atoms with Gasteiger partial charge in [0.05, 0.1) is 21.0 Å². The summed E-state index contributed by atoms with van der Waals surface area (Å²) >= 11 is 2.23. The average Bonchev–Trinajstić information content (AvgIpc) is 2.72. The highest BCUT2D eigenvalue weighted by molar-refractivity contribution is 14.1. The van der Waals surface area contributed by atoms with Gasteiger partial charge in [-0.15, -0.1) is 0 Å². The van der Waals surface area contributed by atoms with E-state index in [-0.39, 0.29) is 6.04 Å². The van der Waals surface area contributed by atoms with Gasteiger partial charge in [0.2, 0.25) is 0 Å². The maximum absolute atomic E-state index is 6.06. The molecule has 0 fully saturated rings. The number of nitrogens with zero attached hydrogens (tertiary/aromatic N) is 4. The smallest absolute Gasteiger partial charge is 0.136 e. The van der Waals surface area contributed by atoms with E-state index in [9.17, 15) is 0 Å². The Hall–Kier alpha value is -1.05. The second-order valence-electron chi connectivity index (χ2n) is 4.25. The van der Waals surface area contributed by atoms with Gasteiger partial charge in [0.25, 0.3) is 0 Å². The molecule has 0 saturated heterocycles. The second kappa shape index (κ2) is 4.32. The van der Waals surface area contributed by atoms with Crippen LogP contribution in [-0.4, -0.2) is 19.6 Å². The van der Waals surface area contributed by atoms with E-state index in [0.29, 0.717) is 0 Å². The van der Waals surface area contributed by atoms with Gasteiger partial charge in [-0.1, -0.05) is 0 Å². The lowest BCUT2D eigenvalue weighted by Crippen LogP contribution is -2.12. The summed E-state index contributed by atoms with van der Waals surface area (Å²) in [6.07, 6.45) is 2.02. The zero-order valence-electron chi connectivity index (χ0n) is 10.4. The molecule has 1 atom stereocenters. The van der Waals surface area contributed by atoms with Crippen LogP contribution in [0, 0.1) is 17.4 Å². The molecule has 0 aliphatic heterocycles. The van der Waals surface area contributed by atoms with Crippen LogP contribution in [0.2, 0.25) is 0 Å². The van der Waals surface area contributed by atoms with E-state index in [4.69, 9.17) is 5.73 Å². The molecule has 5 nitrogen and oxygen atoms in total. The number of halogens is 1. The maximum Gasteiger partial charge on any atom is 0.136 e. The molecule has 6 heteroatoms. The molecule has 2 aromatic heterocycles. The first kappa shape index (κ1) is 12.4. The summed E-state index contributed by atoms with van der Waals surface area (Å²) in [5.41, 5.74) is 9.20. The van der Waals surface area contributed by atoms with Gasteiger partial charge in [-0.25, -0.2) is 4.68 Å². The number of anilines is 1. The lowest BCUT2D eigenvalue weighted by atomic mass is 10.1. The van der Waals surface area contributed by atoms with Crippen molar-refractivity contribution < 1.29 is 0 Å². The van der Waals surface area contributed by atoms with Gasteiger partial charge in [0, 0.05) is 18.8 Å². The molecular formula is C11H16IN5. The number of nitrogens with two attached hydrogens (primary N) is 1. The summed E-state index contributed by atoms with van der Waals surface area (Å²) in [6, 6.07) is 0.103. The number of nitrogen functional groups attached to an aromatic ring is 1. The van der Waals surface area contributed by atoms with Crippen LogP contribution in [0.1, 0.15) is 29.9 Å². The minimum Gasteiger partial charge on any atom is -0.383 e. The Kier molecular flexibility index (Phi) is 3.15. The summed E-state index contributed by atoms with van der Waals surface area (Å²) in [5, 5.41) is 8.83. The van der Waals surface area contributed by atoms with E-state index in [0.717, 1.165) is 26.3 Å². The predicted molar refractivity (Wildman–Crippen MR) is 75.9 cm³/mol. The molecule has 2 heterocycles. The summed E-state index contributed by atoms with van der Waals surface area (Å²) in [4.78, 5) is 0. The van der Waals surface area contributed by atoms with Gasteiger partial charge >= 0.3 is 0 Å². The largest absolute Gasteiger partial charge is 0.383 e. The fourth-order valence-corrected chi connectivity index (χ4v) is 2.36. The third kappa shape index (κ3) is 2.05. The number of rotatable bonds is 2. The average molecular weight is 345 g/mol. The molecule has 0 radical (unpaired) electrons. The predicted octanol–water partition coefficient (Wildman–Crippen LogP) is 2.03. The van der Waals surface area contributed by atoms with Crippen LogP contribution in [0.25, 0.3) is 0 Å². The highest BCUT2D eigenvalue weighted by Gasteiger charge is 2.19. The highest BCUT2D eigenvalue weighted by Crippen LogP contribution is 2.26. The van der Waals surface area contributed by atoms with Crippen LogP contribution in [0.4, 0.5) is 5.82 Å². The molecule has 1 unspecified atom stereocenters. The fraction of sp³-hybridized carbons (Fsp3) is 0.455. The van der Waals surface area contributed by atoms with Crippen LogP contribution >= 0.6 is 22.6 Å². The fourth-order valence-electron chi connectivity index (χ4n) is 2.00. The van der Waals surface area contributed by atoms with Crippen LogP contribution in [0.5, 0.6) is 0 Å². The molecule has 17 heavy (non-hydrogen) atoms. The Morgan fingerprint density at radius 1 is 1.29 bits per heavy atom. The molecule has 0 amide bonds. The van der Waals surface area contributed by atoms with Gasteiger partial charge < -0.3 is 5.73 Å². The van der Waals surface area contributed by atoms with E-state index in [1.807, 2.05) is 36.5 Å². The summed E-state index contributed by atoms with van der Waals surface area (Å²) in [7, 11) is 1.92. The highest BCUT2D eigenvalue weighted by atomic mass is 127. The van der Waals surface area contributed by atoms with Gasteiger partial charge in [-0.05, 0) is 43.4 Å². The molecule has 0 aromatic carbocycles. The van der Waals surface area contributed by atoms with Crippen molar-refractivity contribution in [2.24, 2.45) is 7.05 Å². The van der Waals surface area contributed by atoms with Gasteiger partial charge in [-0.2, -0.15) is 10.2 Å². The quantitative estimate of drug-likeness (QED) is 0.848. The zero-order valence-corrected chi connectivity index (χ0v) is 12.6. The molecule has 2 aromatic rings. The maximum atomic E-state index is 6.06. The van der Waals surface area contributed by atoms with E-state index in [1.54, 1.807) is 0 Å². The Bertz CT molecular complexity index is 554. The van der Waals surface area contributed by atoms with Crippen molar-refractivity contribution in [3.63, 3.8) is 0 Å². The standard InChI is InChI=1S/C11H16IN5/c1-6-9(5-16(4)14-6)8(3)17-11(13)10(12)7(2)15-17/h5,8H,13H2,1-4H3. The molecule has 0 spiro atoms. The third-order valence-electron chi connectivity index (χ3n) is 2.92. The first-order valence-corrected chi connectivity index (χ1v) is 6.50. The summed E-state index contributed by atoms with van der Waals surface area (Å²) in [5.74, 6) is 0.721. The van der Waals surface area contributed by atoms with Crippen LogP contribution in [0.15, 0.2) is 6.20 Å². The molecule has 0 aliphatic rings. The zero-order chi connectivity index (χ0) is 12.7. The SMILES string of the molecule is Cc1nn(C)cc1C(C)n1nc(C)c(I)c1N. The summed E-state index contributed by atoms with van der Waals surface area (Å²) in [6.45, 7) is 6.06. The lowest BCUT2D eigenvalue weighted by Gasteiger charge is -2.13. The Morgan fingerprint density at radius 3 is 2.35 bits per heavy atom. The topological polar surface area (TPSA) is 61.7 Å². The molecular weight excluding hydrogens is 329 g/mol. The van der Waals surface area contributed by atoms with Crippen LogP contribution in [0.3, 0.4) is 0 Å². The van der Waals surface area contributed by atoms with E-state index >= 15 is 0 Å². The Balaban J connectivity index is 2.47. The molecule has 0 saturated carbocycles. The van der Waals surface area contributed by atoms with E-state index < -0.39 is 0 Å². The third-order valence-corrected chi connectivity index (χ3v) is 4.25. The first-order valence-electron chi connectivity index (χ1n) is 5.42. The van der Waals surface area contributed by atoms with Crippen molar-refractivity contribution in [3.8, 4) is 0 Å². The van der Waals surface area contributed by atoms with Crippen molar-refractivity contribution in [1.82, 2.24) is 19.6 Å². The molecule has 2 rings (SSSR count). The number of hydrogen-bond acceptors (Lipinski definition) is 3. The first-order chi connectivity index (χ1) is 7.91. The number of hydrogen-bond donors (Lipinski definition) is 1. The molecule has 2 N–H and O–H groups in total. The molecule has 92 valence electrons. The van der Waals surface area contributed by atoms with Crippen molar-refractivity contribution >= 4 is 28.4 Å². The van der Waals surface area contributed by atoms with Crippen molar-refractivity contribution in [3.05, 3.63) is 26.7 Å². The van der Waals surface area contributed by atoms with Gasteiger partial charge in [-0.3, -0.25) is 4.68 Å². The van der Waals surface area contributed by atoms with Crippen molar-refractivity contribution in [2.75, 3.05) is 5.73 Å².